The molecule has 0 aromatic heterocycles. The average Bonchev–Trinajstić information content (AvgIpc) is 2.42. The summed E-state index contributed by atoms with van der Waals surface area (Å²) in [6.07, 6.45) is 0. The third kappa shape index (κ3) is 3.55. The van der Waals surface area contributed by atoms with Crippen molar-refractivity contribution in [3.05, 3.63) is 59.2 Å². The maximum absolute atomic E-state index is 13.5. The molecule has 0 radical (unpaired) electrons. The van der Waals surface area contributed by atoms with E-state index in [1.54, 1.807) is 12.1 Å². The van der Waals surface area contributed by atoms with Crippen molar-refractivity contribution in [2.45, 2.75) is 13.5 Å². The molecule has 0 atom stereocenters. The average molecular weight is 291 g/mol. The van der Waals surface area contributed by atoms with Crippen LogP contribution in [-0.4, -0.2) is 6.03 Å². The van der Waals surface area contributed by atoms with E-state index < -0.39 is 17.7 Å². The van der Waals surface area contributed by atoms with Gasteiger partial charge in [0, 0.05) is 18.3 Å². The minimum absolute atomic E-state index is 0.101. The zero-order chi connectivity index (χ0) is 15.4. The van der Waals surface area contributed by atoms with Gasteiger partial charge in [-0.2, -0.15) is 0 Å². The molecule has 21 heavy (non-hydrogen) atoms. The molecular formula is C15H15F2N3O. The third-order valence-corrected chi connectivity index (χ3v) is 3.04. The van der Waals surface area contributed by atoms with Gasteiger partial charge in [0.15, 0.2) is 0 Å². The first-order valence-corrected chi connectivity index (χ1v) is 6.33. The van der Waals surface area contributed by atoms with Gasteiger partial charge in [0.25, 0.3) is 0 Å². The van der Waals surface area contributed by atoms with Crippen molar-refractivity contribution in [3.8, 4) is 0 Å². The minimum Gasteiger partial charge on any atom is -0.326 e. The summed E-state index contributed by atoms with van der Waals surface area (Å²) >= 11 is 0. The summed E-state index contributed by atoms with van der Waals surface area (Å²) in [4.78, 5) is 11.9. The van der Waals surface area contributed by atoms with Crippen LogP contribution in [0.1, 0.15) is 11.1 Å². The van der Waals surface area contributed by atoms with Gasteiger partial charge in [-0.05, 0) is 36.2 Å². The van der Waals surface area contributed by atoms with Crippen molar-refractivity contribution >= 4 is 17.4 Å². The van der Waals surface area contributed by atoms with E-state index in [9.17, 15) is 13.6 Å². The Morgan fingerprint density at radius 2 is 1.86 bits per heavy atom. The molecule has 2 aromatic rings. The van der Waals surface area contributed by atoms with Crippen LogP contribution in [0.2, 0.25) is 0 Å². The van der Waals surface area contributed by atoms with Crippen molar-refractivity contribution < 1.29 is 13.6 Å². The molecule has 4 N–H and O–H groups in total. The zero-order valence-corrected chi connectivity index (χ0v) is 11.4. The molecule has 0 aliphatic carbocycles. The number of rotatable bonds is 3. The van der Waals surface area contributed by atoms with Crippen LogP contribution in [0.5, 0.6) is 0 Å². The number of halogens is 2. The third-order valence-electron chi connectivity index (χ3n) is 3.04. The van der Waals surface area contributed by atoms with Crippen LogP contribution >= 0.6 is 0 Å². The topological polar surface area (TPSA) is 67.2 Å². The van der Waals surface area contributed by atoms with E-state index in [0.29, 0.717) is 11.8 Å². The maximum atomic E-state index is 13.5. The van der Waals surface area contributed by atoms with Gasteiger partial charge in [0.05, 0.1) is 5.69 Å². The van der Waals surface area contributed by atoms with Crippen LogP contribution < -0.4 is 16.4 Å². The number of anilines is 2. The maximum Gasteiger partial charge on any atom is 0.323 e. The SMILES string of the molecule is Cc1cccc(NC(=O)Nc2ccc(F)cc2F)c1CN. The molecule has 4 nitrogen and oxygen atoms in total. The van der Waals surface area contributed by atoms with Crippen LogP contribution in [0.4, 0.5) is 25.0 Å². The second kappa shape index (κ2) is 6.32. The predicted molar refractivity (Wildman–Crippen MR) is 78.1 cm³/mol. The lowest BCUT2D eigenvalue weighted by Crippen LogP contribution is -2.21. The Hall–Kier alpha value is -2.47. The Bertz CT molecular complexity index is 674. The van der Waals surface area contributed by atoms with E-state index in [4.69, 9.17) is 5.73 Å². The van der Waals surface area contributed by atoms with Gasteiger partial charge < -0.3 is 16.4 Å². The molecule has 2 amide bonds. The van der Waals surface area contributed by atoms with Crippen molar-refractivity contribution in [2.75, 3.05) is 10.6 Å². The molecule has 0 unspecified atom stereocenters. The van der Waals surface area contributed by atoms with Gasteiger partial charge >= 0.3 is 6.03 Å². The normalized spacial score (nSPS) is 10.3. The van der Waals surface area contributed by atoms with Crippen LogP contribution in [-0.2, 0) is 6.54 Å². The number of aryl methyl sites for hydroxylation is 1. The fourth-order valence-corrected chi connectivity index (χ4v) is 1.96. The molecule has 110 valence electrons. The van der Waals surface area contributed by atoms with Crippen molar-refractivity contribution in [2.24, 2.45) is 5.73 Å². The Balaban J connectivity index is 2.14. The fourth-order valence-electron chi connectivity index (χ4n) is 1.96. The number of urea groups is 1. The van der Waals surface area contributed by atoms with Gasteiger partial charge in [0.2, 0.25) is 0 Å². The van der Waals surface area contributed by atoms with Crippen molar-refractivity contribution in [1.29, 1.82) is 0 Å². The highest BCUT2D eigenvalue weighted by molar-refractivity contribution is 6.00. The van der Waals surface area contributed by atoms with Gasteiger partial charge in [-0.3, -0.25) is 0 Å². The number of hydrogen-bond donors (Lipinski definition) is 3. The van der Waals surface area contributed by atoms with E-state index >= 15 is 0 Å². The molecule has 2 rings (SSSR count). The molecule has 0 aliphatic heterocycles. The second-order valence-corrected chi connectivity index (χ2v) is 4.51. The molecule has 0 bridgehead atoms. The number of carbonyl (C=O) groups excluding carboxylic acids is 1. The lowest BCUT2D eigenvalue weighted by Gasteiger charge is -2.13. The van der Waals surface area contributed by atoms with Gasteiger partial charge in [-0.15, -0.1) is 0 Å². The van der Waals surface area contributed by atoms with E-state index in [-0.39, 0.29) is 12.2 Å². The number of benzene rings is 2. The highest BCUT2D eigenvalue weighted by atomic mass is 19.1. The quantitative estimate of drug-likeness (QED) is 0.811. The first-order valence-electron chi connectivity index (χ1n) is 6.33. The molecule has 0 saturated heterocycles. The second-order valence-electron chi connectivity index (χ2n) is 4.51. The molecular weight excluding hydrogens is 276 g/mol. The van der Waals surface area contributed by atoms with Crippen LogP contribution in [0.25, 0.3) is 0 Å². The van der Waals surface area contributed by atoms with Gasteiger partial charge in [0.1, 0.15) is 11.6 Å². The molecule has 0 spiro atoms. The molecule has 2 aromatic carbocycles. The Morgan fingerprint density at radius 3 is 2.52 bits per heavy atom. The van der Waals surface area contributed by atoms with Crippen LogP contribution in [0.3, 0.4) is 0 Å². The van der Waals surface area contributed by atoms with E-state index in [1.807, 2.05) is 13.0 Å². The Morgan fingerprint density at radius 1 is 1.14 bits per heavy atom. The standard InChI is InChI=1S/C15H15F2N3O/c1-9-3-2-4-13(11(9)8-18)19-15(21)20-14-6-5-10(16)7-12(14)17/h2-7H,8,18H2,1H3,(H2,19,20,21). The molecule has 0 fully saturated rings. The largest absolute Gasteiger partial charge is 0.326 e. The number of amides is 2. The Labute approximate surface area is 121 Å². The van der Waals surface area contributed by atoms with E-state index in [0.717, 1.165) is 23.3 Å². The summed E-state index contributed by atoms with van der Waals surface area (Å²) in [5.74, 6) is -1.55. The zero-order valence-electron chi connectivity index (χ0n) is 11.4. The van der Waals surface area contributed by atoms with E-state index in [1.165, 1.54) is 0 Å². The summed E-state index contributed by atoms with van der Waals surface area (Å²) < 4.78 is 26.2. The molecule has 0 aliphatic rings. The number of nitrogens with one attached hydrogen (secondary N) is 2. The monoisotopic (exact) mass is 291 g/mol. The van der Waals surface area contributed by atoms with E-state index in [2.05, 4.69) is 10.6 Å². The van der Waals surface area contributed by atoms with Crippen LogP contribution in [0.15, 0.2) is 36.4 Å². The molecule has 0 saturated carbocycles. The molecule has 6 heteroatoms. The highest BCUT2D eigenvalue weighted by Gasteiger charge is 2.10. The Kier molecular flexibility index (Phi) is 4.49. The number of hydrogen-bond acceptors (Lipinski definition) is 2. The van der Waals surface area contributed by atoms with Crippen molar-refractivity contribution in [3.63, 3.8) is 0 Å². The number of carbonyl (C=O) groups is 1. The van der Waals surface area contributed by atoms with Gasteiger partial charge in [-0.1, -0.05) is 12.1 Å². The summed E-state index contributed by atoms with van der Waals surface area (Å²) in [6, 6.07) is 7.67. The first-order chi connectivity index (χ1) is 10.0. The lowest BCUT2D eigenvalue weighted by atomic mass is 10.1. The van der Waals surface area contributed by atoms with Crippen LogP contribution in [0, 0.1) is 18.6 Å². The fraction of sp³-hybridized carbons (Fsp3) is 0.133. The summed E-state index contributed by atoms with van der Waals surface area (Å²) in [5.41, 5.74) is 7.85. The summed E-state index contributed by atoms with van der Waals surface area (Å²) in [5, 5.41) is 4.93. The smallest absolute Gasteiger partial charge is 0.323 e. The molecule has 0 heterocycles. The lowest BCUT2D eigenvalue weighted by molar-refractivity contribution is 0.262. The van der Waals surface area contributed by atoms with Gasteiger partial charge in [-0.25, -0.2) is 13.6 Å². The predicted octanol–water partition coefficient (Wildman–Crippen LogP) is 3.38. The minimum atomic E-state index is -0.839. The number of nitrogens with two attached hydrogens (primary N) is 1. The summed E-state index contributed by atoms with van der Waals surface area (Å²) in [6.45, 7) is 2.15. The summed E-state index contributed by atoms with van der Waals surface area (Å²) in [7, 11) is 0. The highest BCUT2D eigenvalue weighted by Crippen LogP contribution is 2.20. The van der Waals surface area contributed by atoms with Crippen molar-refractivity contribution in [1.82, 2.24) is 0 Å². The first kappa shape index (κ1) is 14.9.